The topological polar surface area (TPSA) is 56.5 Å². The lowest BCUT2D eigenvalue weighted by atomic mass is 9.77. The second kappa shape index (κ2) is 4.83. The second-order valence-electron chi connectivity index (χ2n) is 6.46. The lowest BCUT2D eigenvalue weighted by Crippen LogP contribution is -2.41. The third-order valence-corrected chi connectivity index (χ3v) is 4.54. The van der Waals surface area contributed by atoms with Crippen molar-refractivity contribution in [1.82, 2.24) is 9.78 Å². The molecule has 5 nitrogen and oxygen atoms in total. The molecule has 21 heavy (non-hydrogen) atoms. The molecule has 1 aromatic heterocycles. The normalized spacial score (nSPS) is 20.3. The van der Waals surface area contributed by atoms with Gasteiger partial charge in [-0.1, -0.05) is 12.1 Å². The van der Waals surface area contributed by atoms with Gasteiger partial charge in [-0.3, -0.25) is 4.68 Å². The van der Waals surface area contributed by atoms with E-state index in [1.54, 1.807) is 4.68 Å². The van der Waals surface area contributed by atoms with Crippen LogP contribution in [0.1, 0.15) is 27.7 Å². The fourth-order valence-corrected chi connectivity index (χ4v) is 2.57. The number of benzene rings is 1. The Balaban J connectivity index is 2.03. The Kier molecular flexibility index (Phi) is 3.35. The predicted octanol–water partition coefficient (Wildman–Crippen LogP) is 1.33. The number of aliphatic hydroxyl groups is 1. The van der Waals surface area contributed by atoms with E-state index in [2.05, 4.69) is 5.10 Å². The molecule has 6 heteroatoms. The van der Waals surface area contributed by atoms with Crippen LogP contribution < -0.4 is 5.46 Å². The lowest BCUT2D eigenvalue weighted by molar-refractivity contribution is 0.00578. The number of fused-ring (bicyclic) bond motifs is 1. The van der Waals surface area contributed by atoms with Crippen molar-refractivity contribution in [3.8, 4) is 0 Å². The average molecular weight is 288 g/mol. The first-order valence-corrected chi connectivity index (χ1v) is 7.27. The number of hydrogen-bond donors (Lipinski definition) is 1. The first kappa shape index (κ1) is 14.6. The Labute approximate surface area is 125 Å². The fraction of sp³-hybridized carbons (Fsp3) is 0.533. The molecule has 3 rings (SSSR count). The van der Waals surface area contributed by atoms with Crippen LogP contribution in [-0.4, -0.2) is 39.8 Å². The van der Waals surface area contributed by atoms with E-state index < -0.39 is 7.12 Å². The SMILES string of the molecule is CC1(C)OB(c2cccc3c2cnn3CCO)OC1(C)C. The summed E-state index contributed by atoms with van der Waals surface area (Å²) in [6.07, 6.45) is 1.81. The van der Waals surface area contributed by atoms with Crippen LogP contribution in [0.15, 0.2) is 24.4 Å². The van der Waals surface area contributed by atoms with E-state index in [4.69, 9.17) is 14.4 Å². The molecule has 1 N–H and O–H groups in total. The van der Waals surface area contributed by atoms with Crippen molar-refractivity contribution in [2.45, 2.75) is 45.4 Å². The number of rotatable bonds is 3. The smallest absolute Gasteiger partial charge is 0.399 e. The molecule has 0 spiro atoms. The van der Waals surface area contributed by atoms with E-state index in [0.717, 1.165) is 16.4 Å². The molecule has 1 aliphatic heterocycles. The first-order chi connectivity index (χ1) is 9.86. The van der Waals surface area contributed by atoms with Gasteiger partial charge in [-0.25, -0.2) is 0 Å². The molecule has 0 amide bonds. The van der Waals surface area contributed by atoms with Gasteiger partial charge < -0.3 is 14.4 Å². The van der Waals surface area contributed by atoms with E-state index in [1.165, 1.54) is 0 Å². The molecule has 2 aromatic rings. The van der Waals surface area contributed by atoms with Gasteiger partial charge in [0.15, 0.2) is 0 Å². The molecule has 2 heterocycles. The Morgan fingerprint density at radius 3 is 2.48 bits per heavy atom. The van der Waals surface area contributed by atoms with Crippen LogP contribution >= 0.6 is 0 Å². The Hall–Kier alpha value is -1.37. The summed E-state index contributed by atoms with van der Waals surface area (Å²) < 4.78 is 14.0. The summed E-state index contributed by atoms with van der Waals surface area (Å²) in [6.45, 7) is 8.73. The van der Waals surface area contributed by atoms with Crippen LogP contribution in [0, 0.1) is 0 Å². The monoisotopic (exact) mass is 288 g/mol. The van der Waals surface area contributed by atoms with Crippen LogP contribution in [0.25, 0.3) is 10.9 Å². The molecular formula is C15H21BN2O3. The zero-order valence-corrected chi connectivity index (χ0v) is 13.0. The minimum absolute atomic E-state index is 0.0670. The lowest BCUT2D eigenvalue weighted by Gasteiger charge is -2.32. The molecular weight excluding hydrogens is 267 g/mol. The average Bonchev–Trinajstić information content (AvgIpc) is 2.89. The molecule has 0 saturated carbocycles. The summed E-state index contributed by atoms with van der Waals surface area (Å²) in [7, 11) is -0.398. The van der Waals surface area contributed by atoms with Crippen molar-refractivity contribution in [3.05, 3.63) is 24.4 Å². The van der Waals surface area contributed by atoms with E-state index in [9.17, 15) is 0 Å². The molecule has 1 aromatic carbocycles. The standard InChI is InChI=1S/C15H21BN2O3/c1-14(2)15(3,4)21-16(20-14)12-6-5-7-13-11(12)10-17-18(13)8-9-19/h5-7,10,19H,8-9H2,1-4H3. The maximum Gasteiger partial charge on any atom is 0.495 e. The highest BCUT2D eigenvalue weighted by Gasteiger charge is 2.52. The number of hydrogen-bond acceptors (Lipinski definition) is 4. The third kappa shape index (κ3) is 2.27. The zero-order chi connectivity index (χ0) is 15.3. The summed E-state index contributed by atoms with van der Waals surface area (Å²) in [4.78, 5) is 0. The Morgan fingerprint density at radius 2 is 1.86 bits per heavy atom. The van der Waals surface area contributed by atoms with Gasteiger partial charge in [0, 0.05) is 5.39 Å². The highest BCUT2D eigenvalue weighted by molar-refractivity contribution is 6.65. The highest BCUT2D eigenvalue weighted by Crippen LogP contribution is 2.36. The van der Waals surface area contributed by atoms with Crippen molar-refractivity contribution < 1.29 is 14.4 Å². The molecule has 1 saturated heterocycles. The number of aliphatic hydroxyl groups excluding tert-OH is 1. The van der Waals surface area contributed by atoms with Crippen molar-refractivity contribution in [2.24, 2.45) is 0 Å². The van der Waals surface area contributed by atoms with Crippen LogP contribution in [0.3, 0.4) is 0 Å². The largest absolute Gasteiger partial charge is 0.495 e. The minimum Gasteiger partial charge on any atom is -0.399 e. The Bertz CT molecular complexity index is 650. The van der Waals surface area contributed by atoms with Crippen molar-refractivity contribution in [3.63, 3.8) is 0 Å². The molecule has 0 unspecified atom stereocenters. The fourth-order valence-electron chi connectivity index (χ4n) is 2.57. The predicted molar refractivity (Wildman–Crippen MR) is 82.5 cm³/mol. The molecule has 112 valence electrons. The third-order valence-electron chi connectivity index (χ3n) is 4.54. The van der Waals surface area contributed by atoms with Crippen molar-refractivity contribution in [2.75, 3.05) is 6.61 Å². The van der Waals surface area contributed by atoms with E-state index >= 15 is 0 Å². The molecule has 0 aliphatic carbocycles. The van der Waals surface area contributed by atoms with E-state index in [0.29, 0.717) is 6.54 Å². The summed E-state index contributed by atoms with van der Waals surface area (Å²) >= 11 is 0. The molecule has 0 radical (unpaired) electrons. The molecule has 0 bridgehead atoms. The molecule has 1 aliphatic rings. The van der Waals surface area contributed by atoms with Gasteiger partial charge in [0.1, 0.15) is 0 Å². The minimum atomic E-state index is -0.398. The summed E-state index contributed by atoms with van der Waals surface area (Å²) in [6, 6.07) is 5.97. The highest BCUT2D eigenvalue weighted by atomic mass is 16.7. The quantitative estimate of drug-likeness (QED) is 0.866. The summed E-state index contributed by atoms with van der Waals surface area (Å²) in [5.41, 5.74) is 1.24. The van der Waals surface area contributed by atoms with Crippen LogP contribution in [0.4, 0.5) is 0 Å². The van der Waals surface area contributed by atoms with Gasteiger partial charge >= 0.3 is 7.12 Å². The van der Waals surface area contributed by atoms with E-state index in [1.807, 2.05) is 52.1 Å². The summed E-state index contributed by atoms with van der Waals surface area (Å²) in [5.74, 6) is 0. The first-order valence-electron chi connectivity index (χ1n) is 7.27. The number of aromatic nitrogens is 2. The van der Waals surface area contributed by atoms with Crippen LogP contribution in [0.2, 0.25) is 0 Å². The van der Waals surface area contributed by atoms with Gasteiger partial charge in [0.2, 0.25) is 0 Å². The van der Waals surface area contributed by atoms with Gasteiger partial charge in [0.25, 0.3) is 0 Å². The Morgan fingerprint density at radius 1 is 1.19 bits per heavy atom. The maximum absolute atomic E-state index is 9.11. The summed E-state index contributed by atoms with van der Waals surface area (Å²) in [5, 5.41) is 14.4. The van der Waals surface area contributed by atoms with Gasteiger partial charge in [-0.05, 0) is 39.2 Å². The number of nitrogens with zero attached hydrogens (tertiary/aromatic N) is 2. The van der Waals surface area contributed by atoms with Gasteiger partial charge in [-0.15, -0.1) is 0 Å². The van der Waals surface area contributed by atoms with Gasteiger partial charge in [0.05, 0.1) is 36.1 Å². The maximum atomic E-state index is 9.11. The van der Waals surface area contributed by atoms with Crippen LogP contribution in [-0.2, 0) is 15.9 Å². The zero-order valence-electron chi connectivity index (χ0n) is 13.0. The van der Waals surface area contributed by atoms with Crippen LogP contribution in [0.5, 0.6) is 0 Å². The van der Waals surface area contributed by atoms with E-state index in [-0.39, 0.29) is 17.8 Å². The van der Waals surface area contributed by atoms with Crippen molar-refractivity contribution >= 4 is 23.5 Å². The molecule has 0 atom stereocenters. The van der Waals surface area contributed by atoms with Crippen molar-refractivity contribution in [1.29, 1.82) is 0 Å². The second-order valence-corrected chi connectivity index (χ2v) is 6.46. The molecule has 1 fully saturated rings. The van der Waals surface area contributed by atoms with Gasteiger partial charge in [-0.2, -0.15) is 5.10 Å².